The Morgan fingerprint density at radius 3 is 2.33 bits per heavy atom. The van der Waals surface area contributed by atoms with E-state index in [1.54, 1.807) is 0 Å². The van der Waals surface area contributed by atoms with Crippen molar-refractivity contribution >= 4 is 21.9 Å². The van der Waals surface area contributed by atoms with Gasteiger partial charge in [0.15, 0.2) is 0 Å². The van der Waals surface area contributed by atoms with E-state index in [-0.39, 0.29) is 0 Å². The number of fused-ring (bicyclic) bond motifs is 2. The average molecular weight is 387 g/mol. The number of nitrogens with zero attached hydrogens (tertiary/aromatic N) is 4. The molecule has 2 atom stereocenters. The number of hydrogen-bond donors (Lipinski definition) is 0. The molecule has 126 valence electrons. The molecule has 24 heavy (non-hydrogen) atoms. The molecule has 2 bridgehead atoms. The van der Waals surface area contributed by atoms with Gasteiger partial charge in [0.1, 0.15) is 0 Å². The van der Waals surface area contributed by atoms with E-state index < -0.39 is 0 Å². The molecule has 2 aliphatic heterocycles. The number of piperidine rings is 1. The molecule has 0 amide bonds. The summed E-state index contributed by atoms with van der Waals surface area (Å²) in [5.74, 6) is 0.833. The van der Waals surface area contributed by atoms with Gasteiger partial charge in [-0.2, -0.15) is 0 Å². The third kappa shape index (κ3) is 3.20. The minimum absolute atomic E-state index is 0.538. The molecule has 2 fully saturated rings. The largest absolute Gasteiger partial charge is 0.341 e. The van der Waals surface area contributed by atoms with Crippen LogP contribution in [-0.4, -0.2) is 40.0 Å². The number of hydrogen-bond acceptors (Lipinski definition) is 4. The van der Waals surface area contributed by atoms with Crippen LogP contribution in [0.4, 0.5) is 5.95 Å². The SMILES string of the molecule is CN(c1ncc(Br)cn1)C1CC2CCC(C1)N2Cc1ccccc1. The van der Waals surface area contributed by atoms with Crippen LogP contribution < -0.4 is 4.90 Å². The van der Waals surface area contributed by atoms with E-state index in [0.717, 1.165) is 17.0 Å². The van der Waals surface area contributed by atoms with Gasteiger partial charge in [0, 0.05) is 44.1 Å². The molecule has 4 nitrogen and oxygen atoms in total. The zero-order valence-corrected chi connectivity index (χ0v) is 15.6. The van der Waals surface area contributed by atoms with E-state index >= 15 is 0 Å². The first-order chi connectivity index (χ1) is 11.7. The second kappa shape index (κ2) is 6.81. The highest BCUT2D eigenvalue weighted by Gasteiger charge is 2.42. The minimum Gasteiger partial charge on any atom is -0.341 e. The van der Waals surface area contributed by atoms with Crippen LogP contribution in [0.15, 0.2) is 47.2 Å². The van der Waals surface area contributed by atoms with Crippen LogP contribution in [0.1, 0.15) is 31.2 Å². The summed E-state index contributed by atoms with van der Waals surface area (Å²) in [5, 5.41) is 0. The van der Waals surface area contributed by atoms with Crippen molar-refractivity contribution in [2.45, 2.75) is 50.4 Å². The molecule has 0 spiro atoms. The van der Waals surface area contributed by atoms with Crippen molar-refractivity contribution in [3.63, 3.8) is 0 Å². The van der Waals surface area contributed by atoms with E-state index in [4.69, 9.17) is 0 Å². The van der Waals surface area contributed by atoms with Crippen molar-refractivity contribution in [2.75, 3.05) is 11.9 Å². The first-order valence-electron chi connectivity index (χ1n) is 8.71. The Morgan fingerprint density at radius 1 is 1.08 bits per heavy atom. The minimum atomic E-state index is 0.538. The van der Waals surface area contributed by atoms with Gasteiger partial charge in [0.2, 0.25) is 5.95 Å². The molecule has 2 aromatic rings. The van der Waals surface area contributed by atoms with Gasteiger partial charge in [-0.3, -0.25) is 4.90 Å². The van der Waals surface area contributed by atoms with Crippen molar-refractivity contribution in [3.05, 3.63) is 52.8 Å². The topological polar surface area (TPSA) is 32.3 Å². The van der Waals surface area contributed by atoms with E-state index in [2.05, 4.69) is 73.1 Å². The molecule has 2 unspecified atom stereocenters. The number of anilines is 1. The van der Waals surface area contributed by atoms with Crippen molar-refractivity contribution in [3.8, 4) is 0 Å². The van der Waals surface area contributed by atoms with Gasteiger partial charge >= 0.3 is 0 Å². The normalized spacial score (nSPS) is 26.5. The average Bonchev–Trinajstić information content (AvgIpc) is 2.84. The molecular formula is C19H23BrN4. The summed E-state index contributed by atoms with van der Waals surface area (Å²) in [6, 6.07) is 12.8. The van der Waals surface area contributed by atoms with Gasteiger partial charge in [-0.25, -0.2) is 9.97 Å². The van der Waals surface area contributed by atoms with Crippen LogP contribution in [0.25, 0.3) is 0 Å². The van der Waals surface area contributed by atoms with Crippen molar-refractivity contribution in [1.29, 1.82) is 0 Å². The number of rotatable bonds is 4. The lowest BCUT2D eigenvalue weighted by Crippen LogP contribution is -2.49. The summed E-state index contributed by atoms with van der Waals surface area (Å²) in [5.41, 5.74) is 1.43. The van der Waals surface area contributed by atoms with Crippen molar-refractivity contribution < 1.29 is 0 Å². The molecule has 3 heterocycles. The van der Waals surface area contributed by atoms with Gasteiger partial charge in [0.05, 0.1) is 4.47 Å². The second-order valence-electron chi connectivity index (χ2n) is 6.98. The maximum atomic E-state index is 4.46. The molecule has 1 aromatic carbocycles. The fourth-order valence-corrected chi connectivity index (χ4v) is 4.47. The fraction of sp³-hybridized carbons (Fsp3) is 0.474. The van der Waals surface area contributed by atoms with Gasteiger partial charge in [-0.05, 0) is 47.2 Å². The summed E-state index contributed by atoms with van der Waals surface area (Å²) >= 11 is 3.41. The molecule has 0 N–H and O–H groups in total. The molecule has 2 aliphatic rings. The Balaban J connectivity index is 1.45. The van der Waals surface area contributed by atoms with Crippen LogP contribution in [-0.2, 0) is 6.54 Å². The van der Waals surface area contributed by atoms with Crippen molar-refractivity contribution in [2.24, 2.45) is 0 Å². The lowest BCUT2D eigenvalue weighted by Gasteiger charge is -2.42. The summed E-state index contributed by atoms with van der Waals surface area (Å²) in [6.07, 6.45) is 8.72. The maximum Gasteiger partial charge on any atom is 0.225 e. The third-order valence-corrected chi connectivity index (χ3v) is 5.95. The molecule has 4 rings (SSSR count). The molecule has 1 aromatic heterocycles. The van der Waals surface area contributed by atoms with Crippen molar-refractivity contribution in [1.82, 2.24) is 14.9 Å². The summed E-state index contributed by atoms with van der Waals surface area (Å²) in [7, 11) is 2.14. The fourth-order valence-electron chi connectivity index (χ4n) is 4.26. The number of halogens is 1. The number of benzene rings is 1. The zero-order valence-electron chi connectivity index (χ0n) is 14.0. The predicted molar refractivity (Wildman–Crippen MR) is 100.0 cm³/mol. The predicted octanol–water partition coefficient (Wildman–Crippen LogP) is 3.87. The van der Waals surface area contributed by atoms with Gasteiger partial charge in [-0.1, -0.05) is 30.3 Å². The van der Waals surface area contributed by atoms with E-state index in [1.165, 1.54) is 31.2 Å². The summed E-state index contributed by atoms with van der Waals surface area (Å²) in [6.45, 7) is 1.08. The monoisotopic (exact) mass is 386 g/mol. The second-order valence-corrected chi connectivity index (χ2v) is 7.90. The smallest absolute Gasteiger partial charge is 0.225 e. The van der Waals surface area contributed by atoms with Crippen LogP contribution in [0.2, 0.25) is 0 Å². The van der Waals surface area contributed by atoms with Gasteiger partial charge in [0.25, 0.3) is 0 Å². The summed E-state index contributed by atoms with van der Waals surface area (Å²) < 4.78 is 0.928. The van der Waals surface area contributed by atoms with Crippen LogP contribution in [0, 0.1) is 0 Å². The highest BCUT2D eigenvalue weighted by atomic mass is 79.9. The lowest BCUT2D eigenvalue weighted by atomic mass is 9.95. The highest BCUT2D eigenvalue weighted by Crippen LogP contribution is 2.38. The highest BCUT2D eigenvalue weighted by molar-refractivity contribution is 9.10. The Kier molecular flexibility index (Phi) is 4.55. The van der Waals surface area contributed by atoms with Gasteiger partial charge in [-0.15, -0.1) is 0 Å². The number of aromatic nitrogens is 2. The van der Waals surface area contributed by atoms with E-state index in [9.17, 15) is 0 Å². The van der Waals surface area contributed by atoms with E-state index in [1.807, 2.05) is 12.4 Å². The molecule has 0 saturated carbocycles. The Hall–Kier alpha value is -1.46. The third-order valence-electron chi connectivity index (χ3n) is 5.54. The molecule has 0 aliphatic carbocycles. The molecule has 0 radical (unpaired) electrons. The zero-order chi connectivity index (χ0) is 16.5. The first kappa shape index (κ1) is 16.0. The Morgan fingerprint density at radius 2 is 1.71 bits per heavy atom. The Labute approximate surface area is 152 Å². The van der Waals surface area contributed by atoms with Gasteiger partial charge < -0.3 is 4.90 Å². The molecule has 2 saturated heterocycles. The lowest BCUT2D eigenvalue weighted by molar-refractivity contribution is 0.118. The van der Waals surface area contributed by atoms with Crippen LogP contribution in [0.3, 0.4) is 0 Å². The van der Waals surface area contributed by atoms with Crippen LogP contribution >= 0.6 is 15.9 Å². The summed E-state index contributed by atoms with van der Waals surface area (Å²) in [4.78, 5) is 13.9. The standard InChI is InChI=1S/C19H23BrN4/c1-23(19-21-11-15(20)12-22-19)18-9-16-7-8-17(10-18)24(16)13-14-5-3-2-4-6-14/h2-6,11-12,16-18H,7-10,13H2,1H3. The molecule has 5 heteroatoms. The first-order valence-corrected chi connectivity index (χ1v) is 9.50. The molecular weight excluding hydrogens is 364 g/mol. The maximum absolute atomic E-state index is 4.46. The Bertz CT molecular complexity index is 662. The van der Waals surface area contributed by atoms with E-state index in [0.29, 0.717) is 18.1 Å². The quantitative estimate of drug-likeness (QED) is 0.797. The van der Waals surface area contributed by atoms with Crippen LogP contribution in [0.5, 0.6) is 0 Å².